The monoisotopic (exact) mass is 222 g/mol. The van der Waals surface area contributed by atoms with E-state index in [0.717, 1.165) is 18.8 Å². The van der Waals surface area contributed by atoms with E-state index in [0.29, 0.717) is 12.6 Å². The van der Waals surface area contributed by atoms with E-state index < -0.39 is 0 Å². The minimum atomic E-state index is 0.553. The van der Waals surface area contributed by atoms with Gasteiger partial charge in [0, 0.05) is 19.1 Å². The summed E-state index contributed by atoms with van der Waals surface area (Å²) in [5.41, 5.74) is 0. The second kappa shape index (κ2) is 7.25. The van der Waals surface area contributed by atoms with Gasteiger partial charge in [0.15, 0.2) is 0 Å². The van der Waals surface area contributed by atoms with Crippen molar-refractivity contribution >= 4 is 0 Å². The van der Waals surface area contributed by atoms with E-state index in [1.807, 2.05) is 30.3 Å². The second-order valence-electron chi connectivity index (χ2n) is 4.18. The van der Waals surface area contributed by atoms with E-state index in [4.69, 9.17) is 4.74 Å². The van der Waals surface area contributed by atoms with Crippen molar-refractivity contribution in [2.75, 3.05) is 33.8 Å². The highest BCUT2D eigenvalue weighted by atomic mass is 16.5. The van der Waals surface area contributed by atoms with Gasteiger partial charge >= 0.3 is 0 Å². The van der Waals surface area contributed by atoms with Crippen molar-refractivity contribution in [3.8, 4) is 5.75 Å². The Labute approximate surface area is 98.4 Å². The van der Waals surface area contributed by atoms with Crippen molar-refractivity contribution in [2.24, 2.45) is 0 Å². The van der Waals surface area contributed by atoms with Gasteiger partial charge in [-0.1, -0.05) is 18.2 Å². The van der Waals surface area contributed by atoms with Crippen molar-refractivity contribution in [3.63, 3.8) is 0 Å². The van der Waals surface area contributed by atoms with Crippen LogP contribution in [0.2, 0.25) is 0 Å². The summed E-state index contributed by atoms with van der Waals surface area (Å²) in [6, 6.07) is 10.5. The molecule has 90 valence electrons. The summed E-state index contributed by atoms with van der Waals surface area (Å²) >= 11 is 0. The average Bonchev–Trinajstić information content (AvgIpc) is 2.29. The normalized spacial score (nSPS) is 12.8. The van der Waals surface area contributed by atoms with E-state index in [1.165, 1.54) is 0 Å². The third-order valence-electron chi connectivity index (χ3n) is 2.61. The summed E-state index contributed by atoms with van der Waals surface area (Å²) < 4.78 is 5.57. The Kier molecular flexibility index (Phi) is 5.90. The highest BCUT2D eigenvalue weighted by molar-refractivity contribution is 5.20. The van der Waals surface area contributed by atoms with E-state index >= 15 is 0 Å². The van der Waals surface area contributed by atoms with Crippen LogP contribution in [0.25, 0.3) is 0 Å². The molecule has 0 heterocycles. The van der Waals surface area contributed by atoms with Crippen molar-refractivity contribution < 1.29 is 4.74 Å². The molecule has 0 saturated carbocycles. The molecule has 0 aliphatic carbocycles. The molecule has 0 aliphatic rings. The van der Waals surface area contributed by atoms with Gasteiger partial charge in [0.2, 0.25) is 0 Å². The Balaban J connectivity index is 2.04. The number of nitrogens with one attached hydrogen (secondary N) is 1. The highest BCUT2D eigenvalue weighted by Crippen LogP contribution is 2.07. The molecular formula is C13H22N2O. The summed E-state index contributed by atoms with van der Waals surface area (Å²) in [6.07, 6.45) is 0. The number of hydrogen-bond acceptors (Lipinski definition) is 3. The molecule has 1 atom stereocenters. The Hall–Kier alpha value is -1.06. The molecule has 0 aliphatic heterocycles. The maximum Gasteiger partial charge on any atom is 0.119 e. The Morgan fingerprint density at radius 3 is 2.56 bits per heavy atom. The average molecular weight is 222 g/mol. The van der Waals surface area contributed by atoms with Crippen molar-refractivity contribution in [2.45, 2.75) is 13.0 Å². The van der Waals surface area contributed by atoms with Gasteiger partial charge in [0.25, 0.3) is 0 Å². The van der Waals surface area contributed by atoms with Gasteiger partial charge in [-0.25, -0.2) is 0 Å². The molecule has 1 N–H and O–H groups in total. The summed E-state index contributed by atoms with van der Waals surface area (Å²) in [6.45, 7) is 4.79. The van der Waals surface area contributed by atoms with Crippen LogP contribution in [0, 0.1) is 0 Å². The summed E-state index contributed by atoms with van der Waals surface area (Å²) in [5.74, 6) is 0.935. The van der Waals surface area contributed by atoms with Gasteiger partial charge in [-0.3, -0.25) is 0 Å². The van der Waals surface area contributed by atoms with E-state index in [2.05, 4.69) is 31.2 Å². The zero-order chi connectivity index (χ0) is 11.8. The molecule has 0 aromatic heterocycles. The molecule has 0 saturated heterocycles. The lowest BCUT2D eigenvalue weighted by molar-refractivity contribution is 0.280. The lowest BCUT2D eigenvalue weighted by atomic mass is 10.3. The summed E-state index contributed by atoms with van der Waals surface area (Å²) in [4.78, 5) is 2.20. The zero-order valence-corrected chi connectivity index (χ0v) is 10.4. The molecule has 3 heteroatoms. The molecule has 0 spiro atoms. The van der Waals surface area contributed by atoms with Gasteiger partial charge < -0.3 is 15.0 Å². The molecular weight excluding hydrogens is 200 g/mol. The number of likely N-dealkylation sites (N-methyl/N-ethyl adjacent to an activating group) is 1. The van der Waals surface area contributed by atoms with Gasteiger partial charge in [-0.2, -0.15) is 0 Å². The van der Waals surface area contributed by atoms with E-state index in [9.17, 15) is 0 Å². The van der Waals surface area contributed by atoms with Crippen LogP contribution in [0.15, 0.2) is 30.3 Å². The quantitative estimate of drug-likeness (QED) is 0.709. The van der Waals surface area contributed by atoms with Crippen molar-refractivity contribution in [1.82, 2.24) is 10.2 Å². The predicted molar refractivity (Wildman–Crippen MR) is 68.0 cm³/mol. The van der Waals surface area contributed by atoms with Crippen LogP contribution in [-0.2, 0) is 0 Å². The Morgan fingerprint density at radius 2 is 1.94 bits per heavy atom. The molecule has 16 heavy (non-hydrogen) atoms. The van der Waals surface area contributed by atoms with Gasteiger partial charge in [-0.05, 0) is 33.2 Å². The fourth-order valence-electron chi connectivity index (χ4n) is 1.25. The fraction of sp³-hybridized carbons (Fsp3) is 0.538. The number of benzene rings is 1. The standard InChI is InChI=1S/C13H22N2O/c1-12(15(2)3)11-14-9-10-16-13-7-5-4-6-8-13/h4-8,12,14H,9-11H2,1-3H3. The van der Waals surface area contributed by atoms with Gasteiger partial charge in [0.05, 0.1) is 0 Å². The predicted octanol–water partition coefficient (Wildman–Crippen LogP) is 1.61. The van der Waals surface area contributed by atoms with Crippen LogP contribution in [0.5, 0.6) is 5.75 Å². The first-order valence-corrected chi connectivity index (χ1v) is 5.75. The van der Waals surface area contributed by atoms with Crippen molar-refractivity contribution in [1.29, 1.82) is 0 Å². The molecule has 3 nitrogen and oxygen atoms in total. The first kappa shape index (κ1) is 13.0. The highest BCUT2D eigenvalue weighted by Gasteiger charge is 2.02. The maximum absolute atomic E-state index is 5.57. The fourth-order valence-corrected chi connectivity index (χ4v) is 1.25. The lowest BCUT2D eigenvalue weighted by Crippen LogP contribution is -2.36. The van der Waals surface area contributed by atoms with Crippen LogP contribution in [0.3, 0.4) is 0 Å². The summed E-state index contributed by atoms with van der Waals surface area (Å²) in [5, 5.41) is 3.37. The van der Waals surface area contributed by atoms with E-state index in [1.54, 1.807) is 0 Å². The molecule has 0 fully saturated rings. The molecule has 1 aromatic carbocycles. The molecule has 1 rings (SSSR count). The molecule has 0 amide bonds. The lowest BCUT2D eigenvalue weighted by Gasteiger charge is -2.20. The Bertz CT molecular complexity index is 275. The number of hydrogen-bond donors (Lipinski definition) is 1. The number of ether oxygens (including phenoxy) is 1. The van der Waals surface area contributed by atoms with Crippen LogP contribution in [0.4, 0.5) is 0 Å². The van der Waals surface area contributed by atoms with E-state index in [-0.39, 0.29) is 0 Å². The van der Waals surface area contributed by atoms with Crippen LogP contribution < -0.4 is 10.1 Å². The number of para-hydroxylation sites is 1. The topological polar surface area (TPSA) is 24.5 Å². The van der Waals surface area contributed by atoms with Crippen LogP contribution in [0.1, 0.15) is 6.92 Å². The first-order chi connectivity index (χ1) is 7.70. The molecule has 1 aromatic rings. The Morgan fingerprint density at radius 1 is 1.25 bits per heavy atom. The van der Waals surface area contributed by atoms with Crippen molar-refractivity contribution in [3.05, 3.63) is 30.3 Å². The zero-order valence-electron chi connectivity index (χ0n) is 10.4. The van der Waals surface area contributed by atoms with Gasteiger partial charge in [0.1, 0.15) is 12.4 Å². The summed E-state index contributed by atoms with van der Waals surface area (Å²) in [7, 11) is 4.18. The molecule has 0 bridgehead atoms. The third kappa shape index (κ3) is 5.14. The smallest absolute Gasteiger partial charge is 0.119 e. The second-order valence-corrected chi connectivity index (χ2v) is 4.18. The number of rotatable bonds is 7. The largest absolute Gasteiger partial charge is 0.492 e. The molecule has 0 radical (unpaired) electrons. The minimum Gasteiger partial charge on any atom is -0.492 e. The SMILES string of the molecule is CC(CNCCOc1ccccc1)N(C)C. The third-order valence-corrected chi connectivity index (χ3v) is 2.61. The molecule has 1 unspecified atom stereocenters. The first-order valence-electron chi connectivity index (χ1n) is 5.75. The van der Waals surface area contributed by atoms with Crippen LogP contribution >= 0.6 is 0 Å². The van der Waals surface area contributed by atoms with Crippen LogP contribution in [-0.4, -0.2) is 44.7 Å². The maximum atomic E-state index is 5.57. The minimum absolute atomic E-state index is 0.553. The van der Waals surface area contributed by atoms with Gasteiger partial charge in [-0.15, -0.1) is 0 Å². The number of nitrogens with zero attached hydrogens (tertiary/aromatic N) is 1.